The normalized spacial score (nSPS) is 24.9. The highest BCUT2D eigenvalue weighted by atomic mass is 16.5. The number of amides is 1. The molecule has 114 valence electrons. The van der Waals surface area contributed by atoms with Gasteiger partial charge in [0.05, 0.1) is 5.69 Å². The van der Waals surface area contributed by atoms with Gasteiger partial charge in [0.15, 0.2) is 6.61 Å². The third-order valence-corrected chi connectivity index (χ3v) is 4.84. The predicted molar refractivity (Wildman–Crippen MR) is 83.5 cm³/mol. The van der Waals surface area contributed by atoms with E-state index in [2.05, 4.69) is 37.5 Å². The molecule has 1 aliphatic carbocycles. The molecule has 4 heteroatoms. The molecule has 0 saturated heterocycles. The minimum Gasteiger partial charge on any atom is -0.482 e. The molecular formula is C17H24N2O2. The fourth-order valence-corrected chi connectivity index (χ4v) is 3.40. The lowest BCUT2D eigenvalue weighted by Crippen LogP contribution is -2.39. The Morgan fingerprint density at radius 2 is 2.24 bits per heavy atom. The largest absolute Gasteiger partial charge is 0.482 e. The Morgan fingerprint density at radius 3 is 2.95 bits per heavy atom. The summed E-state index contributed by atoms with van der Waals surface area (Å²) >= 11 is 0. The highest BCUT2D eigenvalue weighted by Crippen LogP contribution is 2.39. The maximum absolute atomic E-state index is 11.4. The van der Waals surface area contributed by atoms with E-state index >= 15 is 0 Å². The minimum atomic E-state index is -0.0859. The number of benzene rings is 1. The van der Waals surface area contributed by atoms with E-state index in [0.29, 0.717) is 11.5 Å². The fourth-order valence-electron chi connectivity index (χ4n) is 3.40. The van der Waals surface area contributed by atoms with Gasteiger partial charge in [-0.05, 0) is 42.9 Å². The molecule has 21 heavy (non-hydrogen) atoms. The number of nitrogens with one attached hydrogen (secondary N) is 2. The Hall–Kier alpha value is -1.55. The Bertz CT molecular complexity index is 554. The van der Waals surface area contributed by atoms with Crippen molar-refractivity contribution in [2.45, 2.75) is 52.1 Å². The second-order valence-corrected chi connectivity index (χ2v) is 6.91. The molecule has 2 N–H and O–H groups in total. The van der Waals surface area contributed by atoms with E-state index in [1.54, 1.807) is 0 Å². The van der Waals surface area contributed by atoms with Crippen LogP contribution in [0.1, 0.15) is 51.6 Å². The molecule has 1 amide bonds. The summed E-state index contributed by atoms with van der Waals surface area (Å²) < 4.78 is 5.40. The van der Waals surface area contributed by atoms with Gasteiger partial charge in [-0.1, -0.05) is 26.3 Å². The summed E-state index contributed by atoms with van der Waals surface area (Å²) in [5, 5.41) is 6.62. The van der Waals surface area contributed by atoms with E-state index < -0.39 is 0 Å². The Labute approximate surface area is 126 Å². The van der Waals surface area contributed by atoms with Crippen molar-refractivity contribution < 1.29 is 9.53 Å². The number of rotatable bonds is 3. The van der Waals surface area contributed by atoms with Crippen LogP contribution in [0.4, 0.5) is 5.69 Å². The SMILES string of the molecule is CC(NC1CCCC1(C)C)c1ccc2c(c1)NC(=O)CO2. The molecule has 0 bridgehead atoms. The van der Waals surface area contributed by atoms with Crippen molar-refractivity contribution in [3.8, 4) is 5.75 Å². The number of hydrogen-bond acceptors (Lipinski definition) is 3. The zero-order valence-electron chi connectivity index (χ0n) is 13.0. The maximum Gasteiger partial charge on any atom is 0.262 e. The van der Waals surface area contributed by atoms with Gasteiger partial charge >= 0.3 is 0 Å². The smallest absolute Gasteiger partial charge is 0.262 e. The topological polar surface area (TPSA) is 50.4 Å². The Balaban J connectivity index is 1.74. The zero-order chi connectivity index (χ0) is 15.0. The Morgan fingerprint density at radius 1 is 1.43 bits per heavy atom. The third-order valence-electron chi connectivity index (χ3n) is 4.84. The van der Waals surface area contributed by atoms with E-state index in [9.17, 15) is 4.79 Å². The quantitative estimate of drug-likeness (QED) is 0.897. The second kappa shape index (κ2) is 5.34. The summed E-state index contributed by atoms with van der Waals surface area (Å²) in [4.78, 5) is 11.4. The van der Waals surface area contributed by atoms with Crippen LogP contribution >= 0.6 is 0 Å². The molecule has 1 fully saturated rings. The summed E-state index contributed by atoms with van der Waals surface area (Å²) in [5.41, 5.74) is 2.32. The summed E-state index contributed by atoms with van der Waals surface area (Å²) in [7, 11) is 0. The molecule has 4 nitrogen and oxygen atoms in total. The predicted octanol–water partition coefficient (Wildman–Crippen LogP) is 3.25. The first-order valence-corrected chi connectivity index (χ1v) is 7.78. The van der Waals surface area contributed by atoms with E-state index in [0.717, 1.165) is 11.4 Å². The maximum atomic E-state index is 11.4. The van der Waals surface area contributed by atoms with Crippen LogP contribution in [0.5, 0.6) is 5.75 Å². The van der Waals surface area contributed by atoms with Crippen LogP contribution in [0, 0.1) is 5.41 Å². The molecular weight excluding hydrogens is 264 g/mol. The first-order chi connectivity index (χ1) is 9.95. The average Bonchev–Trinajstić information content (AvgIpc) is 2.77. The molecule has 1 saturated carbocycles. The average molecular weight is 288 g/mol. The molecule has 0 spiro atoms. The number of carbonyl (C=O) groups excluding carboxylic acids is 1. The lowest BCUT2D eigenvalue weighted by atomic mass is 9.86. The van der Waals surface area contributed by atoms with Crippen LogP contribution in [0.2, 0.25) is 0 Å². The zero-order valence-corrected chi connectivity index (χ0v) is 13.0. The van der Waals surface area contributed by atoms with Crippen LogP contribution < -0.4 is 15.4 Å². The third kappa shape index (κ3) is 2.91. The van der Waals surface area contributed by atoms with E-state index in [1.807, 2.05) is 12.1 Å². The summed E-state index contributed by atoms with van der Waals surface area (Å²) in [6.45, 7) is 6.97. The van der Waals surface area contributed by atoms with Crippen molar-refractivity contribution in [1.29, 1.82) is 0 Å². The molecule has 2 atom stereocenters. The molecule has 2 unspecified atom stereocenters. The van der Waals surface area contributed by atoms with Gasteiger partial charge in [-0.3, -0.25) is 4.79 Å². The monoisotopic (exact) mass is 288 g/mol. The molecule has 0 aromatic heterocycles. The molecule has 3 rings (SSSR count). The highest BCUT2D eigenvalue weighted by Gasteiger charge is 2.35. The van der Waals surface area contributed by atoms with Gasteiger partial charge in [-0.2, -0.15) is 0 Å². The van der Waals surface area contributed by atoms with Crippen molar-refractivity contribution in [2.24, 2.45) is 5.41 Å². The molecule has 2 aliphatic rings. The summed E-state index contributed by atoms with van der Waals surface area (Å²) in [6.07, 6.45) is 3.82. The van der Waals surface area contributed by atoms with Gasteiger partial charge in [-0.25, -0.2) is 0 Å². The molecule has 1 heterocycles. The van der Waals surface area contributed by atoms with Crippen molar-refractivity contribution in [1.82, 2.24) is 5.32 Å². The van der Waals surface area contributed by atoms with Crippen LogP contribution in [0.3, 0.4) is 0 Å². The van der Waals surface area contributed by atoms with Crippen molar-refractivity contribution in [3.05, 3.63) is 23.8 Å². The van der Waals surface area contributed by atoms with Crippen LogP contribution in [-0.2, 0) is 4.79 Å². The Kier molecular flexibility index (Phi) is 3.66. The summed E-state index contributed by atoms with van der Waals surface area (Å²) in [5.74, 6) is 0.670. The van der Waals surface area contributed by atoms with Crippen molar-refractivity contribution in [3.63, 3.8) is 0 Å². The first-order valence-electron chi connectivity index (χ1n) is 7.78. The first kappa shape index (κ1) is 14.4. The van der Waals surface area contributed by atoms with Gasteiger partial charge in [0, 0.05) is 12.1 Å². The van der Waals surface area contributed by atoms with Crippen molar-refractivity contribution in [2.75, 3.05) is 11.9 Å². The van der Waals surface area contributed by atoms with Gasteiger partial charge in [0.1, 0.15) is 5.75 Å². The van der Waals surface area contributed by atoms with Gasteiger partial charge in [-0.15, -0.1) is 0 Å². The summed E-state index contributed by atoms with van der Waals surface area (Å²) in [6, 6.07) is 6.86. The molecule has 1 aromatic rings. The van der Waals surface area contributed by atoms with Crippen molar-refractivity contribution >= 4 is 11.6 Å². The number of carbonyl (C=O) groups is 1. The van der Waals surface area contributed by atoms with Gasteiger partial charge in [0.25, 0.3) is 5.91 Å². The van der Waals surface area contributed by atoms with E-state index in [4.69, 9.17) is 4.74 Å². The van der Waals surface area contributed by atoms with Crippen LogP contribution in [0.25, 0.3) is 0 Å². The fraction of sp³-hybridized carbons (Fsp3) is 0.588. The lowest BCUT2D eigenvalue weighted by Gasteiger charge is -2.31. The van der Waals surface area contributed by atoms with Gasteiger partial charge < -0.3 is 15.4 Å². The van der Waals surface area contributed by atoms with Crippen LogP contribution in [0.15, 0.2) is 18.2 Å². The molecule has 1 aromatic carbocycles. The highest BCUT2D eigenvalue weighted by molar-refractivity contribution is 5.95. The molecule has 0 radical (unpaired) electrons. The van der Waals surface area contributed by atoms with E-state index in [1.165, 1.54) is 24.8 Å². The lowest BCUT2D eigenvalue weighted by molar-refractivity contribution is -0.118. The minimum absolute atomic E-state index is 0.0859. The number of anilines is 1. The molecule has 1 aliphatic heterocycles. The van der Waals surface area contributed by atoms with Crippen LogP contribution in [-0.4, -0.2) is 18.6 Å². The number of fused-ring (bicyclic) bond motifs is 1. The second-order valence-electron chi connectivity index (χ2n) is 6.91. The number of hydrogen-bond donors (Lipinski definition) is 2. The number of ether oxygens (including phenoxy) is 1. The van der Waals surface area contributed by atoms with E-state index in [-0.39, 0.29) is 18.6 Å². The van der Waals surface area contributed by atoms with Gasteiger partial charge in [0.2, 0.25) is 0 Å². The standard InChI is InChI=1S/C17H24N2O2/c1-11(18-15-5-4-8-17(15,2)3)12-6-7-14-13(9-12)19-16(20)10-21-14/h6-7,9,11,15,18H,4-5,8,10H2,1-3H3,(H,19,20).